The molecule has 0 aromatic carbocycles. The zero-order valence-corrected chi connectivity index (χ0v) is 23.7. The molecule has 19 nitrogen and oxygen atoms in total. The lowest BCUT2D eigenvalue weighted by atomic mass is 10.1. The molecule has 2 saturated heterocycles. The van der Waals surface area contributed by atoms with Crippen LogP contribution in [0.4, 0.5) is 5.82 Å². The number of rotatable bonds is 13. The van der Waals surface area contributed by atoms with Crippen molar-refractivity contribution in [2.45, 2.75) is 81.9 Å². The number of anilines is 1. The van der Waals surface area contributed by atoms with Crippen LogP contribution >= 0.6 is 15.6 Å². The van der Waals surface area contributed by atoms with Crippen molar-refractivity contribution in [1.29, 1.82) is 0 Å². The summed E-state index contributed by atoms with van der Waals surface area (Å²) in [5.74, 6) is 0.0654. The van der Waals surface area contributed by atoms with E-state index >= 15 is 0 Å². The number of phosphoric ester groups is 2. The Morgan fingerprint density at radius 3 is 2.22 bits per heavy atom. The van der Waals surface area contributed by atoms with Crippen molar-refractivity contribution in [2.75, 3.05) is 18.9 Å². The smallest absolute Gasteiger partial charge is 0.387 e. The highest BCUT2D eigenvalue weighted by molar-refractivity contribution is 7.61. The van der Waals surface area contributed by atoms with Crippen molar-refractivity contribution in [2.24, 2.45) is 0 Å². The highest BCUT2D eigenvalue weighted by Gasteiger charge is 2.48. The Hall–Kier alpha value is -1.67. The number of aromatic nitrogens is 4. The van der Waals surface area contributed by atoms with Gasteiger partial charge in [0.15, 0.2) is 24.0 Å². The van der Waals surface area contributed by atoms with Gasteiger partial charge >= 0.3 is 15.6 Å². The second kappa shape index (κ2) is 12.9. The van der Waals surface area contributed by atoms with Gasteiger partial charge in [-0.3, -0.25) is 13.6 Å². The van der Waals surface area contributed by atoms with Crippen molar-refractivity contribution >= 4 is 32.6 Å². The van der Waals surface area contributed by atoms with Crippen LogP contribution in [0, 0.1) is 0 Å². The number of nitrogens with two attached hydrogens (primary N) is 1. The van der Waals surface area contributed by atoms with E-state index in [2.05, 4.69) is 23.8 Å². The predicted octanol–water partition coefficient (Wildman–Crippen LogP) is -1.07. The molecule has 41 heavy (non-hydrogen) atoms. The molecule has 2 aromatic rings. The molecule has 0 radical (unpaired) electrons. The molecule has 2 aliphatic heterocycles. The fourth-order valence-electron chi connectivity index (χ4n) is 4.33. The molecule has 232 valence electrons. The average Bonchev–Trinajstić information content (AvgIpc) is 3.52. The van der Waals surface area contributed by atoms with E-state index in [1.165, 1.54) is 10.9 Å². The molecule has 4 rings (SSSR count). The first-order valence-electron chi connectivity index (χ1n) is 12.5. The number of aliphatic hydroxyl groups is 4. The van der Waals surface area contributed by atoms with Crippen LogP contribution in [0.15, 0.2) is 12.7 Å². The number of nitrogen functional groups attached to an aromatic ring is 1. The molecule has 0 bridgehead atoms. The number of hydrogen-bond donors (Lipinski definition) is 7. The Morgan fingerprint density at radius 1 is 0.976 bits per heavy atom. The Bertz CT molecular complexity index is 1290. The average molecular weight is 629 g/mol. The maximum absolute atomic E-state index is 12.4. The van der Waals surface area contributed by atoms with E-state index in [1.54, 1.807) is 6.92 Å². The molecule has 2 fully saturated rings. The molecule has 0 saturated carbocycles. The van der Waals surface area contributed by atoms with E-state index in [0.717, 1.165) is 12.7 Å². The summed E-state index contributed by atoms with van der Waals surface area (Å²) < 4.78 is 56.0. The van der Waals surface area contributed by atoms with Gasteiger partial charge in [-0.05, 0) is 13.3 Å². The molecule has 2 aromatic heterocycles. The van der Waals surface area contributed by atoms with Gasteiger partial charge in [-0.2, -0.15) is 4.31 Å². The van der Waals surface area contributed by atoms with Gasteiger partial charge < -0.3 is 50.2 Å². The van der Waals surface area contributed by atoms with Crippen molar-refractivity contribution in [3.05, 3.63) is 12.7 Å². The van der Waals surface area contributed by atoms with E-state index in [0.29, 0.717) is 6.42 Å². The predicted molar refractivity (Wildman–Crippen MR) is 134 cm³/mol. The van der Waals surface area contributed by atoms with Crippen LogP contribution < -0.4 is 5.73 Å². The lowest BCUT2D eigenvalue weighted by molar-refractivity contribution is -0.190. The molecule has 4 heterocycles. The van der Waals surface area contributed by atoms with Gasteiger partial charge in [0.05, 0.1) is 25.6 Å². The largest absolute Gasteiger partial charge is 0.481 e. The maximum atomic E-state index is 12.4. The number of imidazole rings is 1. The van der Waals surface area contributed by atoms with Gasteiger partial charge in [0.1, 0.15) is 48.5 Å². The van der Waals surface area contributed by atoms with Crippen LogP contribution in [0.2, 0.25) is 0 Å². The zero-order valence-electron chi connectivity index (χ0n) is 21.9. The molecule has 11 atom stereocenters. The third-order valence-corrected chi connectivity index (χ3v) is 8.99. The van der Waals surface area contributed by atoms with Crippen LogP contribution in [0.5, 0.6) is 0 Å². The number of phosphoric acid groups is 2. The second-order valence-electron chi connectivity index (χ2n) is 9.50. The number of fused-ring (bicyclic) bond motifs is 1. The summed E-state index contributed by atoms with van der Waals surface area (Å²) in [7, 11) is -10.6. The summed E-state index contributed by atoms with van der Waals surface area (Å²) in [5, 5.41) is 41.1. The Kier molecular flexibility index (Phi) is 10.2. The molecular formula is C20H33N5O14P2. The van der Waals surface area contributed by atoms with Crippen molar-refractivity contribution in [1.82, 2.24) is 19.5 Å². The standard InChI is InChI=1S/C20H33N5O14P2/c1-3-4-9(2)36-20-16(29)14(27)11(38-20)6-35-41(32,33)39-40(30,31)34-5-10-13(26)15(28)19(37-10)25-8-24-12-17(21)22-7-23-18(12)25/h7-11,13-16,19-20,26-29H,3-6H2,1-2H3,(H,30,31)(H,32,33)(H2,21,22,23)/t9?,10-,11-,13-,14-,15-,16-,19-,20-/m1/s1. The number of aliphatic hydroxyl groups excluding tert-OH is 4. The van der Waals surface area contributed by atoms with Gasteiger partial charge in [0.2, 0.25) is 0 Å². The first-order valence-corrected chi connectivity index (χ1v) is 15.5. The second-order valence-corrected chi connectivity index (χ2v) is 12.5. The fourth-order valence-corrected chi connectivity index (χ4v) is 6.42. The van der Waals surface area contributed by atoms with E-state index < -0.39 is 78.0 Å². The maximum Gasteiger partial charge on any atom is 0.481 e. The van der Waals surface area contributed by atoms with Gasteiger partial charge in [-0.15, -0.1) is 0 Å². The molecule has 3 unspecified atom stereocenters. The third-order valence-electron chi connectivity index (χ3n) is 6.39. The summed E-state index contributed by atoms with van der Waals surface area (Å²) >= 11 is 0. The quantitative estimate of drug-likeness (QED) is 0.130. The Balaban J connectivity index is 1.30. The van der Waals surface area contributed by atoms with Crippen LogP contribution in [0.3, 0.4) is 0 Å². The van der Waals surface area contributed by atoms with Crippen LogP contribution in [0.1, 0.15) is 32.9 Å². The van der Waals surface area contributed by atoms with E-state index in [1.807, 2.05) is 6.92 Å². The van der Waals surface area contributed by atoms with Gasteiger partial charge in [-0.25, -0.2) is 24.1 Å². The lowest BCUT2D eigenvalue weighted by Gasteiger charge is -2.21. The van der Waals surface area contributed by atoms with E-state index in [-0.39, 0.29) is 23.1 Å². The van der Waals surface area contributed by atoms with Gasteiger partial charge in [0.25, 0.3) is 0 Å². The Labute approximate surface area is 233 Å². The highest BCUT2D eigenvalue weighted by Crippen LogP contribution is 2.60. The first-order chi connectivity index (χ1) is 19.2. The van der Waals surface area contributed by atoms with Crippen molar-refractivity contribution in [3.63, 3.8) is 0 Å². The minimum absolute atomic E-state index is 0.0654. The summed E-state index contributed by atoms with van der Waals surface area (Å²) in [6.45, 7) is 1.99. The fraction of sp³-hybridized carbons (Fsp3) is 0.750. The lowest BCUT2D eigenvalue weighted by Crippen LogP contribution is -2.35. The molecule has 0 aliphatic carbocycles. The molecule has 0 spiro atoms. The normalized spacial score (nSPS) is 34.0. The van der Waals surface area contributed by atoms with Gasteiger partial charge in [-0.1, -0.05) is 13.3 Å². The minimum atomic E-state index is -5.31. The summed E-state index contributed by atoms with van der Waals surface area (Å²) in [6, 6.07) is 0. The highest BCUT2D eigenvalue weighted by atomic mass is 31.3. The molecule has 0 amide bonds. The SMILES string of the molecule is CCCC(C)O[C@@H]1O[C@H](COP(=O)(O)OP(=O)(O)OC[C@H]2O[C@@H](n3cnc4c(N)ncnc43)[C@H](O)[C@@H]2O)[C@@H](O)[C@H]1O. The summed E-state index contributed by atoms with van der Waals surface area (Å²) in [6.07, 6.45) is -7.88. The first kappa shape index (κ1) is 32.2. The topological polar surface area (TPSA) is 281 Å². The Morgan fingerprint density at radius 2 is 1.59 bits per heavy atom. The molecule has 2 aliphatic rings. The summed E-state index contributed by atoms with van der Waals surface area (Å²) in [5.41, 5.74) is 6.14. The van der Waals surface area contributed by atoms with Crippen LogP contribution in [-0.4, -0.2) is 112 Å². The third kappa shape index (κ3) is 7.46. The number of ether oxygens (including phenoxy) is 3. The molecule has 8 N–H and O–H groups in total. The van der Waals surface area contributed by atoms with Gasteiger partial charge in [0, 0.05) is 0 Å². The zero-order chi connectivity index (χ0) is 30.1. The van der Waals surface area contributed by atoms with E-state index in [9.17, 15) is 39.3 Å². The molecule has 21 heteroatoms. The number of hydrogen-bond acceptors (Lipinski definition) is 16. The monoisotopic (exact) mass is 629 g/mol. The molecular weight excluding hydrogens is 596 g/mol. The van der Waals surface area contributed by atoms with E-state index in [4.69, 9.17) is 24.5 Å². The summed E-state index contributed by atoms with van der Waals surface area (Å²) in [4.78, 5) is 31.8. The van der Waals surface area contributed by atoms with Crippen molar-refractivity contribution in [3.8, 4) is 0 Å². The number of nitrogens with zero attached hydrogens (tertiary/aromatic N) is 4. The van der Waals surface area contributed by atoms with Crippen molar-refractivity contribution < 1.29 is 66.9 Å². The van der Waals surface area contributed by atoms with Crippen LogP contribution in [0.25, 0.3) is 11.2 Å². The van der Waals surface area contributed by atoms with Crippen LogP contribution in [-0.2, 0) is 36.7 Å². The minimum Gasteiger partial charge on any atom is -0.387 e.